The van der Waals surface area contributed by atoms with Crippen molar-refractivity contribution in [3.8, 4) is 0 Å². The predicted octanol–water partition coefficient (Wildman–Crippen LogP) is 1.43. The van der Waals surface area contributed by atoms with Crippen molar-refractivity contribution < 1.29 is 9.18 Å². The van der Waals surface area contributed by atoms with Crippen molar-refractivity contribution in [2.24, 2.45) is 11.7 Å². The third kappa shape index (κ3) is 3.75. The lowest BCUT2D eigenvalue weighted by molar-refractivity contribution is -0.117. The van der Waals surface area contributed by atoms with Crippen LogP contribution in [0.15, 0.2) is 24.3 Å². The normalized spacial score (nSPS) is 16.4. The average molecular weight is 265 g/mol. The number of hydrogen-bond donors (Lipinski definition) is 2. The van der Waals surface area contributed by atoms with Gasteiger partial charge < -0.3 is 11.1 Å². The molecule has 5 heteroatoms. The van der Waals surface area contributed by atoms with Crippen molar-refractivity contribution >= 4 is 11.6 Å². The molecule has 0 aromatic heterocycles. The van der Waals surface area contributed by atoms with Gasteiger partial charge in [-0.25, -0.2) is 4.39 Å². The fraction of sp³-hybridized carbons (Fsp3) is 0.500. The zero-order chi connectivity index (χ0) is 13.8. The van der Waals surface area contributed by atoms with E-state index in [1.807, 2.05) is 11.9 Å². The van der Waals surface area contributed by atoms with Crippen molar-refractivity contribution in [1.82, 2.24) is 4.90 Å². The number of likely N-dealkylation sites (N-methyl/N-ethyl adjacent to an activating group) is 1. The minimum Gasteiger partial charge on any atom is -0.329 e. The van der Waals surface area contributed by atoms with Crippen molar-refractivity contribution in [2.75, 3.05) is 25.5 Å². The molecule has 1 saturated carbocycles. The van der Waals surface area contributed by atoms with E-state index >= 15 is 0 Å². The summed E-state index contributed by atoms with van der Waals surface area (Å²) in [4.78, 5) is 13.8. The van der Waals surface area contributed by atoms with Gasteiger partial charge in [0.05, 0.1) is 12.2 Å². The summed E-state index contributed by atoms with van der Waals surface area (Å²) in [5.41, 5.74) is 5.95. The number of hydrogen-bond acceptors (Lipinski definition) is 3. The summed E-state index contributed by atoms with van der Waals surface area (Å²) in [6, 6.07) is 6.40. The highest BCUT2D eigenvalue weighted by molar-refractivity contribution is 5.92. The Morgan fingerprint density at radius 1 is 1.53 bits per heavy atom. The second kappa shape index (κ2) is 6.12. The molecule has 1 fully saturated rings. The monoisotopic (exact) mass is 265 g/mol. The lowest BCUT2D eigenvalue weighted by Gasteiger charge is -2.26. The summed E-state index contributed by atoms with van der Waals surface area (Å²) in [5.74, 6) is -0.0287. The molecule has 1 atom stereocenters. The fourth-order valence-electron chi connectivity index (χ4n) is 2.31. The number of nitrogens with one attached hydrogen (secondary N) is 1. The van der Waals surface area contributed by atoms with Gasteiger partial charge in [0.2, 0.25) is 5.91 Å². The van der Waals surface area contributed by atoms with Gasteiger partial charge in [-0.05, 0) is 37.9 Å². The first-order valence-corrected chi connectivity index (χ1v) is 6.56. The lowest BCUT2D eigenvalue weighted by Crippen LogP contribution is -2.43. The second-order valence-corrected chi connectivity index (χ2v) is 5.08. The van der Waals surface area contributed by atoms with Gasteiger partial charge in [-0.1, -0.05) is 12.1 Å². The number of para-hydroxylation sites is 1. The van der Waals surface area contributed by atoms with Crippen LogP contribution in [0.25, 0.3) is 0 Å². The molecule has 1 aliphatic carbocycles. The first-order valence-electron chi connectivity index (χ1n) is 6.56. The highest BCUT2D eigenvalue weighted by atomic mass is 19.1. The van der Waals surface area contributed by atoms with Crippen molar-refractivity contribution in [2.45, 2.75) is 18.9 Å². The molecule has 1 aliphatic rings. The maximum atomic E-state index is 13.4. The minimum absolute atomic E-state index is 0.216. The van der Waals surface area contributed by atoms with Crippen LogP contribution in [0.4, 0.5) is 10.1 Å². The summed E-state index contributed by atoms with van der Waals surface area (Å²) in [7, 11) is 1.89. The van der Waals surface area contributed by atoms with E-state index in [0.29, 0.717) is 12.5 Å². The number of halogens is 1. The molecule has 1 aromatic carbocycles. The summed E-state index contributed by atoms with van der Waals surface area (Å²) in [5, 5.41) is 2.58. The Bertz CT molecular complexity index is 448. The van der Waals surface area contributed by atoms with Crippen LogP contribution in [0, 0.1) is 11.7 Å². The van der Waals surface area contributed by atoms with E-state index in [0.717, 1.165) is 0 Å². The van der Waals surface area contributed by atoms with E-state index in [2.05, 4.69) is 5.32 Å². The molecule has 104 valence electrons. The molecule has 0 spiro atoms. The summed E-state index contributed by atoms with van der Waals surface area (Å²) in [6.07, 6.45) is 2.36. The van der Waals surface area contributed by atoms with E-state index in [1.54, 1.807) is 18.2 Å². The molecule has 1 amide bonds. The molecule has 0 bridgehead atoms. The minimum atomic E-state index is -0.420. The molecule has 1 aromatic rings. The van der Waals surface area contributed by atoms with E-state index < -0.39 is 5.82 Å². The zero-order valence-corrected chi connectivity index (χ0v) is 11.1. The molecular formula is C14H20FN3O. The molecule has 19 heavy (non-hydrogen) atoms. The van der Waals surface area contributed by atoms with Crippen LogP contribution in [0.5, 0.6) is 0 Å². The Kier molecular flexibility index (Phi) is 4.50. The quantitative estimate of drug-likeness (QED) is 0.818. The van der Waals surface area contributed by atoms with Crippen LogP contribution in [0.1, 0.15) is 12.8 Å². The van der Waals surface area contributed by atoms with E-state index in [-0.39, 0.29) is 24.2 Å². The van der Waals surface area contributed by atoms with Gasteiger partial charge in [0, 0.05) is 12.6 Å². The Hall–Kier alpha value is -1.46. The Labute approximate surface area is 112 Å². The molecule has 4 nitrogen and oxygen atoms in total. The third-order valence-corrected chi connectivity index (χ3v) is 3.51. The van der Waals surface area contributed by atoms with Gasteiger partial charge >= 0.3 is 0 Å². The largest absolute Gasteiger partial charge is 0.329 e. The van der Waals surface area contributed by atoms with Crippen molar-refractivity contribution in [3.05, 3.63) is 30.1 Å². The zero-order valence-electron chi connectivity index (χ0n) is 11.1. The highest BCUT2D eigenvalue weighted by Gasteiger charge is 2.33. The summed E-state index contributed by atoms with van der Waals surface area (Å²) < 4.78 is 13.4. The average Bonchev–Trinajstić information content (AvgIpc) is 3.17. The SMILES string of the molecule is CN(CC(=O)Nc1ccccc1F)C(CN)C1CC1. The van der Waals surface area contributed by atoms with Crippen LogP contribution < -0.4 is 11.1 Å². The van der Waals surface area contributed by atoms with Crippen molar-refractivity contribution in [3.63, 3.8) is 0 Å². The predicted molar refractivity (Wildman–Crippen MR) is 73.2 cm³/mol. The van der Waals surface area contributed by atoms with Crippen LogP contribution in [0.2, 0.25) is 0 Å². The Morgan fingerprint density at radius 3 is 2.79 bits per heavy atom. The second-order valence-electron chi connectivity index (χ2n) is 5.08. The van der Waals surface area contributed by atoms with E-state index in [1.165, 1.54) is 18.9 Å². The van der Waals surface area contributed by atoms with Crippen LogP contribution in [-0.2, 0) is 4.79 Å². The topological polar surface area (TPSA) is 58.4 Å². The van der Waals surface area contributed by atoms with Gasteiger partial charge in [-0.15, -0.1) is 0 Å². The first kappa shape index (κ1) is 14.0. The number of anilines is 1. The lowest BCUT2D eigenvalue weighted by atomic mass is 10.1. The summed E-state index contributed by atoms with van der Waals surface area (Å²) >= 11 is 0. The smallest absolute Gasteiger partial charge is 0.238 e. The number of nitrogens with zero attached hydrogens (tertiary/aromatic N) is 1. The molecule has 0 radical (unpaired) electrons. The van der Waals surface area contributed by atoms with Gasteiger partial charge in [-0.3, -0.25) is 9.69 Å². The number of carbonyl (C=O) groups excluding carboxylic acids is 1. The van der Waals surface area contributed by atoms with Gasteiger partial charge in [0.15, 0.2) is 0 Å². The van der Waals surface area contributed by atoms with Crippen molar-refractivity contribution in [1.29, 1.82) is 0 Å². The van der Waals surface area contributed by atoms with E-state index in [4.69, 9.17) is 5.73 Å². The molecule has 0 saturated heterocycles. The molecule has 0 aliphatic heterocycles. The van der Waals surface area contributed by atoms with Crippen LogP contribution in [-0.4, -0.2) is 37.0 Å². The summed E-state index contributed by atoms with van der Waals surface area (Å²) in [6.45, 7) is 0.779. The fourth-order valence-corrected chi connectivity index (χ4v) is 2.31. The Balaban J connectivity index is 1.88. The highest BCUT2D eigenvalue weighted by Crippen LogP contribution is 2.34. The van der Waals surface area contributed by atoms with Gasteiger partial charge in [0.1, 0.15) is 5.82 Å². The third-order valence-electron chi connectivity index (χ3n) is 3.51. The molecule has 2 rings (SSSR count). The van der Waals surface area contributed by atoms with Gasteiger partial charge in [0.25, 0.3) is 0 Å². The van der Waals surface area contributed by atoms with Crippen LogP contribution >= 0.6 is 0 Å². The van der Waals surface area contributed by atoms with Gasteiger partial charge in [-0.2, -0.15) is 0 Å². The standard InChI is InChI=1S/C14H20FN3O/c1-18(13(8-16)10-6-7-10)9-14(19)17-12-5-3-2-4-11(12)15/h2-5,10,13H,6-9,16H2,1H3,(H,17,19). The Morgan fingerprint density at radius 2 is 2.21 bits per heavy atom. The number of amides is 1. The molecule has 1 unspecified atom stereocenters. The molecular weight excluding hydrogens is 245 g/mol. The first-order chi connectivity index (χ1) is 9.11. The van der Waals surface area contributed by atoms with Crippen LogP contribution in [0.3, 0.4) is 0 Å². The number of benzene rings is 1. The molecule has 0 heterocycles. The van der Waals surface area contributed by atoms with E-state index in [9.17, 15) is 9.18 Å². The maximum absolute atomic E-state index is 13.4. The molecule has 3 N–H and O–H groups in total. The number of rotatable bonds is 6. The number of nitrogens with two attached hydrogens (primary N) is 1. The number of carbonyl (C=O) groups is 1. The maximum Gasteiger partial charge on any atom is 0.238 e.